The molecular weight excluding hydrogens is 278 g/mol. The van der Waals surface area contributed by atoms with Gasteiger partial charge in [0, 0.05) is 19.2 Å². The minimum Gasteiger partial charge on any atom is -0.481 e. The molecule has 1 saturated heterocycles. The maximum absolute atomic E-state index is 10.6. The van der Waals surface area contributed by atoms with Crippen molar-refractivity contribution >= 4 is 17.5 Å². The van der Waals surface area contributed by atoms with Crippen LogP contribution >= 0.6 is 0 Å². The minimum absolute atomic E-state index is 0.0203. The molecule has 2 heterocycles. The molecule has 0 unspecified atom stereocenters. The number of anilines is 1. The summed E-state index contributed by atoms with van der Waals surface area (Å²) < 4.78 is 5.52. The first-order valence-corrected chi connectivity index (χ1v) is 6.75. The van der Waals surface area contributed by atoms with E-state index < -0.39 is 10.9 Å². The number of carboxylic acids is 1. The third-order valence-electron chi connectivity index (χ3n) is 3.40. The van der Waals surface area contributed by atoms with Crippen molar-refractivity contribution in [3.05, 3.63) is 28.4 Å². The molecule has 0 atom stereocenters. The Balaban J connectivity index is 1.80. The smallest absolute Gasteiger partial charge is 0.363 e. The van der Waals surface area contributed by atoms with Crippen molar-refractivity contribution in [1.82, 2.24) is 4.98 Å². The van der Waals surface area contributed by atoms with Gasteiger partial charge in [-0.1, -0.05) is 0 Å². The number of rotatable bonds is 6. The second-order valence-electron chi connectivity index (χ2n) is 4.83. The van der Waals surface area contributed by atoms with Crippen LogP contribution in [0.25, 0.3) is 0 Å². The van der Waals surface area contributed by atoms with E-state index in [4.69, 9.17) is 9.84 Å². The Labute approximate surface area is 121 Å². The van der Waals surface area contributed by atoms with E-state index in [9.17, 15) is 14.9 Å². The number of carboxylic acid groups (broad SMARTS) is 1. The predicted molar refractivity (Wildman–Crippen MR) is 74.3 cm³/mol. The van der Waals surface area contributed by atoms with Gasteiger partial charge in [-0.2, -0.15) is 0 Å². The van der Waals surface area contributed by atoms with Crippen LogP contribution in [0.5, 0.6) is 0 Å². The number of aromatic nitrogens is 1. The van der Waals surface area contributed by atoms with E-state index in [-0.39, 0.29) is 24.9 Å². The summed E-state index contributed by atoms with van der Waals surface area (Å²) in [6, 6.07) is 3.08. The van der Waals surface area contributed by atoms with Gasteiger partial charge < -0.3 is 24.9 Å². The van der Waals surface area contributed by atoms with Gasteiger partial charge in [-0.15, -0.1) is 0 Å². The summed E-state index contributed by atoms with van der Waals surface area (Å²) in [5.74, 6) is -1.02. The van der Waals surface area contributed by atoms with Crippen LogP contribution in [-0.2, 0) is 9.53 Å². The Kier molecular flexibility index (Phi) is 5.04. The normalized spacial score (nSPS) is 15.9. The number of pyridine rings is 1. The largest absolute Gasteiger partial charge is 0.481 e. The van der Waals surface area contributed by atoms with E-state index in [2.05, 4.69) is 9.88 Å². The van der Waals surface area contributed by atoms with E-state index in [1.165, 1.54) is 12.3 Å². The first-order valence-electron chi connectivity index (χ1n) is 6.75. The van der Waals surface area contributed by atoms with Crippen LogP contribution < -0.4 is 4.90 Å². The molecule has 0 aliphatic carbocycles. The molecule has 114 valence electrons. The molecule has 1 fully saturated rings. The van der Waals surface area contributed by atoms with Gasteiger partial charge in [0.1, 0.15) is 0 Å². The molecule has 1 aliphatic heterocycles. The Morgan fingerprint density at radius 2 is 2.19 bits per heavy atom. The number of aliphatic carboxylic acids is 1. The standard InChI is InChI=1S/C13H17N3O5/c17-13(18)5-8-21-11-3-6-15(7-4-11)10-1-2-12(14-9-10)16(19)20/h1-2,9,11H,3-8H2,(H,17,18). The molecule has 0 radical (unpaired) electrons. The van der Waals surface area contributed by atoms with Crippen LogP contribution in [0.15, 0.2) is 18.3 Å². The lowest BCUT2D eigenvalue weighted by Gasteiger charge is -2.32. The van der Waals surface area contributed by atoms with Crippen LogP contribution in [0.4, 0.5) is 11.5 Å². The van der Waals surface area contributed by atoms with Crippen molar-refractivity contribution in [2.24, 2.45) is 0 Å². The van der Waals surface area contributed by atoms with Gasteiger partial charge in [-0.05, 0) is 28.8 Å². The third kappa shape index (κ3) is 4.38. The summed E-state index contributed by atoms with van der Waals surface area (Å²) in [5.41, 5.74) is 0.851. The molecule has 0 amide bonds. The highest BCUT2D eigenvalue weighted by Gasteiger charge is 2.21. The average Bonchev–Trinajstić information content (AvgIpc) is 2.48. The quantitative estimate of drug-likeness (QED) is 0.625. The molecule has 0 saturated carbocycles. The van der Waals surface area contributed by atoms with Crippen molar-refractivity contribution in [2.45, 2.75) is 25.4 Å². The predicted octanol–water partition coefficient (Wildman–Crippen LogP) is 1.45. The van der Waals surface area contributed by atoms with Crippen molar-refractivity contribution in [3.63, 3.8) is 0 Å². The lowest BCUT2D eigenvalue weighted by Crippen LogP contribution is -2.37. The SMILES string of the molecule is O=C(O)CCOC1CCN(c2ccc([N+](=O)[O-])nc2)CC1. The number of nitro groups is 1. The van der Waals surface area contributed by atoms with Crippen molar-refractivity contribution in [1.29, 1.82) is 0 Å². The lowest BCUT2D eigenvalue weighted by molar-refractivity contribution is -0.389. The third-order valence-corrected chi connectivity index (χ3v) is 3.40. The van der Waals surface area contributed by atoms with Crippen molar-refractivity contribution in [3.8, 4) is 0 Å². The maximum Gasteiger partial charge on any atom is 0.363 e. The van der Waals surface area contributed by atoms with Crippen molar-refractivity contribution in [2.75, 3.05) is 24.6 Å². The van der Waals surface area contributed by atoms with Crippen molar-refractivity contribution < 1.29 is 19.6 Å². The summed E-state index contributed by atoms with van der Waals surface area (Å²) in [4.78, 5) is 26.3. The van der Waals surface area contributed by atoms with Crippen LogP contribution in [0.2, 0.25) is 0 Å². The second kappa shape index (κ2) is 6.98. The van der Waals surface area contributed by atoms with Gasteiger partial charge in [0.05, 0.1) is 24.8 Å². The molecular formula is C13H17N3O5. The molecule has 21 heavy (non-hydrogen) atoms. The molecule has 1 aliphatic rings. The molecule has 8 nitrogen and oxygen atoms in total. The summed E-state index contributed by atoms with van der Waals surface area (Å²) >= 11 is 0. The molecule has 1 N–H and O–H groups in total. The summed E-state index contributed by atoms with van der Waals surface area (Å²) in [6.07, 6.45) is 3.20. The number of carbonyl (C=O) groups is 1. The van der Waals surface area contributed by atoms with Gasteiger partial charge in [0.2, 0.25) is 0 Å². The zero-order chi connectivity index (χ0) is 15.2. The maximum atomic E-state index is 10.6. The number of hydrogen-bond acceptors (Lipinski definition) is 6. The van der Waals surface area contributed by atoms with Crippen LogP contribution in [0.3, 0.4) is 0 Å². The first kappa shape index (κ1) is 15.2. The Bertz CT molecular complexity index is 497. The van der Waals surface area contributed by atoms with Gasteiger partial charge in [-0.25, -0.2) is 0 Å². The molecule has 8 heteroatoms. The highest BCUT2D eigenvalue weighted by molar-refractivity contribution is 5.66. The summed E-state index contributed by atoms with van der Waals surface area (Å²) in [7, 11) is 0. The van der Waals surface area contributed by atoms with Gasteiger partial charge >= 0.3 is 11.8 Å². The van der Waals surface area contributed by atoms with Gasteiger partial charge in [0.25, 0.3) is 0 Å². The lowest BCUT2D eigenvalue weighted by atomic mass is 10.1. The molecule has 1 aromatic heterocycles. The second-order valence-corrected chi connectivity index (χ2v) is 4.83. The monoisotopic (exact) mass is 295 g/mol. The van der Waals surface area contributed by atoms with E-state index in [0.29, 0.717) is 0 Å². The van der Waals surface area contributed by atoms with Crippen LogP contribution in [0, 0.1) is 10.1 Å². The average molecular weight is 295 g/mol. The highest BCUT2D eigenvalue weighted by atomic mass is 16.6. The van der Waals surface area contributed by atoms with Crippen LogP contribution in [0.1, 0.15) is 19.3 Å². The van der Waals surface area contributed by atoms with E-state index >= 15 is 0 Å². The summed E-state index contributed by atoms with van der Waals surface area (Å²) in [6.45, 7) is 1.76. The number of piperidine rings is 1. The molecule has 1 aromatic rings. The van der Waals surface area contributed by atoms with E-state index in [1.54, 1.807) is 6.07 Å². The molecule has 0 bridgehead atoms. The zero-order valence-corrected chi connectivity index (χ0v) is 11.5. The van der Waals surface area contributed by atoms with Gasteiger partial charge in [0.15, 0.2) is 6.20 Å². The van der Waals surface area contributed by atoms with Crippen LogP contribution in [-0.4, -0.2) is 46.8 Å². The topological polar surface area (TPSA) is 106 Å². The fourth-order valence-electron chi connectivity index (χ4n) is 2.27. The van der Waals surface area contributed by atoms with Gasteiger partial charge in [-0.3, -0.25) is 4.79 Å². The Morgan fingerprint density at radius 3 is 2.71 bits per heavy atom. The Morgan fingerprint density at radius 1 is 1.48 bits per heavy atom. The fourth-order valence-corrected chi connectivity index (χ4v) is 2.27. The number of nitrogens with zero attached hydrogens (tertiary/aromatic N) is 3. The molecule has 2 rings (SSSR count). The highest BCUT2D eigenvalue weighted by Crippen LogP contribution is 2.22. The van der Waals surface area contributed by atoms with E-state index in [0.717, 1.165) is 31.6 Å². The number of ether oxygens (including phenoxy) is 1. The first-order chi connectivity index (χ1) is 10.1. The zero-order valence-electron chi connectivity index (χ0n) is 11.5. The Hall–Kier alpha value is -2.22. The number of hydrogen-bond donors (Lipinski definition) is 1. The molecule has 0 aromatic carbocycles. The fraction of sp³-hybridized carbons (Fsp3) is 0.538. The minimum atomic E-state index is -0.857. The molecule has 0 spiro atoms. The summed E-state index contributed by atoms with van der Waals surface area (Å²) in [5, 5.41) is 19.1. The van der Waals surface area contributed by atoms with E-state index in [1.807, 2.05) is 0 Å².